The molecule has 2 aromatic rings. The number of aromatic nitrogens is 1. The van der Waals surface area contributed by atoms with Crippen molar-refractivity contribution in [3.63, 3.8) is 0 Å². The smallest absolute Gasteiger partial charge is 0.271 e. The van der Waals surface area contributed by atoms with Gasteiger partial charge in [0.2, 0.25) is 0 Å². The third-order valence-corrected chi connectivity index (χ3v) is 3.13. The molecule has 5 heteroatoms. The fourth-order valence-corrected chi connectivity index (χ4v) is 2.18. The lowest BCUT2D eigenvalue weighted by Crippen LogP contribution is -2.39. The lowest BCUT2D eigenvalue weighted by molar-refractivity contribution is 0.0912. The minimum atomic E-state index is -0.290. The third-order valence-electron chi connectivity index (χ3n) is 2.55. The Labute approximate surface area is 109 Å². The number of rotatable bonds is 5. The molecule has 1 aromatic heterocycles. The number of benzene rings is 1. The van der Waals surface area contributed by atoms with Crippen LogP contribution in [0.25, 0.3) is 0 Å². The van der Waals surface area contributed by atoms with Gasteiger partial charge in [0.25, 0.3) is 5.91 Å². The molecule has 0 aliphatic rings. The lowest BCUT2D eigenvalue weighted by Gasteiger charge is -2.15. The van der Waals surface area contributed by atoms with Gasteiger partial charge in [-0.1, -0.05) is 30.3 Å². The Morgan fingerprint density at radius 1 is 1.39 bits per heavy atom. The first kappa shape index (κ1) is 12.7. The molecule has 0 aliphatic heterocycles. The molecule has 1 heterocycles. The molecule has 0 aliphatic carbocycles. The van der Waals surface area contributed by atoms with Gasteiger partial charge in [-0.2, -0.15) is 0 Å². The molecule has 0 bridgehead atoms. The molecule has 0 saturated heterocycles. The van der Waals surface area contributed by atoms with Gasteiger partial charge in [0, 0.05) is 5.38 Å². The van der Waals surface area contributed by atoms with E-state index < -0.39 is 0 Å². The van der Waals surface area contributed by atoms with Crippen molar-refractivity contribution < 1.29 is 9.90 Å². The van der Waals surface area contributed by atoms with Gasteiger partial charge in [-0.25, -0.2) is 4.98 Å². The van der Waals surface area contributed by atoms with E-state index in [1.807, 2.05) is 30.3 Å². The Balaban J connectivity index is 1.96. The fourth-order valence-electron chi connectivity index (χ4n) is 1.64. The van der Waals surface area contributed by atoms with E-state index in [9.17, 15) is 9.90 Å². The van der Waals surface area contributed by atoms with E-state index >= 15 is 0 Å². The molecule has 1 atom stereocenters. The van der Waals surface area contributed by atoms with Crippen molar-refractivity contribution in [1.82, 2.24) is 10.3 Å². The van der Waals surface area contributed by atoms with Gasteiger partial charge in [-0.05, 0) is 12.0 Å². The van der Waals surface area contributed by atoms with Crippen LogP contribution in [-0.2, 0) is 6.42 Å². The second-order valence-corrected chi connectivity index (χ2v) is 4.64. The summed E-state index contributed by atoms with van der Waals surface area (Å²) in [6, 6.07) is 9.46. The van der Waals surface area contributed by atoms with Gasteiger partial charge in [-0.3, -0.25) is 4.79 Å². The second kappa shape index (κ2) is 6.28. The number of hydrogen-bond donors (Lipinski definition) is 2. The summed E-state index contributed by atoms with van der Waals surface area (Å²) in [5.41, 5.74) is 3.08. The number of amides is 1. The van der Waals surface area contributed by atoms with E-state index in [-0.39, 0.29) is 18.6 Å². The third kappa shape index (κ3) is 3.38. The summed E-state index contributed by atoms with van der Waals surface area (Å²) in [6.07, 6.45) is 0.604. The van der Waals surface area contributed by atoms with Gasteiger partial charge in [0.1, 0.15) is 5.69 Å². The Hall–Kier alpha value is -1.72. The first-order chi connectivity index (χ1) is 8.79. The van der Waals surface area contributed by atoms with Crippen molar-refractivity contribution in [2.24, 2.45) is 0 Å². The molecule has 0 spiro atoms. The van der Waals surface area contributed by atoms with Gasteiger partial charge in [-0.15, -0.1) is 11.3 Å². The molecule has 0 saturated carbocycles. The Kier molecular flexibility index (Phi) is 4.44. The summed E-state index contributed by atoms with van der Waals surface area (Å²) >= 11 is 1.37. The normalized spacial score (nSPS) is 12.1. The maximum absolute atomic E-state index is 11.8. The summed E-state index contributed by atoms with van der Waals surface area (Å²) in [6.45, 7) is -0.0925. The zero-order valence-corrected chi connectivity index (χ0v) is 10.6. The van der Waals surface area contributed by atoms with Crippen LogP contribution in [0.4, 0.5) is 0 Å². The highest BCUT2D eigenvalue weighted by Crippen LogP contribution is 2.05. The molecular weight excluding hydrogens is 248 g/mol. The minimum Gasteiger partial charge on any atom is -0.394 e. The van der Waals surface area contributed by atoms with Crippen LogP contribution in [0.15, 0.2) is 41.2 Å². The fraction of sp³-hybridized carbons (Fsp3) is 0.231. The van der Waals surface area contributed by atoms with E-state index in [1.165, 1.54) is 11.3 Å². The zero-order valence-electron chi connectivity index (χ0n) is 9.74. The zero-order chi connectivity index (χ0) is 12.8. The number of hydrogen-bond acceptors (Lipinski definition) is 4. The van der Waals surface area contributed by atoms with Crippen molar-refractivity contribution >= 4 is 17.2 Å². The number of carbonyl (C=O) groups is 1. The quantitative estimate of drug-likeness (QED) is 0.858. The van der Waals surface area contributed by atoms with E-state index in [2.05, 4.69) is 10.3 Å². The van der Waals surface area contributed by atoms with E-state index in [1.54, 1.807) is 10.9 Å². The molecule has 4 nitrogen and oxygen atoms in total. The maximum Gasteiger partial charge on any atom is 0.271 e. The van der Waals surface area contributed by atoms with Crippen molar-refractivity contribution in [2.75, 3.05) is 6.61 Å². The minimum absolute atomic E-state index is 0.0925. The molecule has 94 valence electrons. The molecule has 0 radical (unpaired) electrons. The molecule has 2 N–H and O–H groups in total. The van der Waals surface area contributed by atoms with E-state index in [0.717, 1.165) is 5.56 Å². The van der Waals surface area contributed by atoms with Crippen LogP contribution >= 0.6 is 11.3 Å². The SMILES string of the molecule is O=C(N[C@@H](CO)Cc1ccccc1)c1cscn1. The summed E-state index contributed by atoms with van der Waals surface area (Å²) in [7, 11) is 0. The highest BCUT2D eigenvalue weighted by molar-refractivity contribution is 7.07. The molecular formula is C13H14N2O2S. The van der Waals surface area contributed by atoms with Crippen LogP contribution in [0.5, 0.6) is 0 Å². The highest BCUT2D eigenvalue weighted by Gasteiger charge is 2.14. The van der Waals surface area contributed by atoms with Gasteiger partial charge in [0.15, 0.2) is 0 Å². The largest absolute Gasteiger partial charge is 0.394 e. The summed E-state index contributed by atoms with van der Waals surface area (Å²) in [5.74, 6) is -0.244. The van der Waals surface area contributed by atoms with Crippen molar-refractivity contribution in [3.05, 3.63) is 52.5 Å². The van der Waals surface area contributed by atoms with Crippen LogP contribution in [0.1, 0.15) is 16.1 Å². The van der Waals surface area contributed by atoms with Crippen LogP contribution in [-0.4, -0.2) is 28.6 Å². The van der Waals surface area contributed by atoms with Crippen molar-refractivity contribution in [1.29, 1.82) is 0 Å². The molecule has 18 heavy (non-hydrogen) atoms. The number of nitrogens with zero attached hydrogens (tertiary/aromatic N) is 1. The highest BCUT2D eigenvalue weighted by atomic mass is 32.1. The predicted octanol–water partition coefficient (Wildman–Crippen LogP) is 1.48. The van der Waals surface area contributed by atoms with Crippen molar-refractivity contribution in [3.8, 4) is 0 Å². The average molecular weight is 262 g/mol. The van der Waals surface area contributed by atoms with E-state index in [4.69, 9.17) is 0 Å². The van der Waals surface area contributed by atoms with Crippen LogP contribution in [0.3, 0.4) is 0 Å². The Morgan fingerprint density at radius 2 is 2.17 bits per heavy atom. The van der Waals surface area contributed by atoms with Crippen LogP contribution in [0.2, 0.25) is 0 Å². The Bertz CT molecular complexity index is 485. The second-order valence-electron chi connectivity index (χ2n) is 3.92. The molecule has 1 amide bonds. The predicted molar refractivity (Wildman–Crippen MR) is 70.6 cm³/mol. The number of thiazole rings is 1. The Morgan fingerprint density at radius 3 is 2.78 bits per heavy atom. The first-order valence-electron chi connectivity index (χ1n) is 5.63. The van der Waals surface area contributed by atoms with Gasteiger partial charge >= 0.3 is 0 Å². The summed E-state index contributed by atoms with van der Waals surface area (Å²) in [4.78, 5) is 15.7. The van der Waals surface area contributed by atoms with E-state index in [0.29, 0.717) is 12.1 Å². The number of aliphatic hydroxyl groups is 1. The van der Waals surface area contributed by atoms with Crippen LogP contribution < -0.4 is 5.32 Å². The monoisotopic (exact) mass is 262 g/mol. The number of nitrogens with one attached hydrogen (secondary N) is 1. The molecule has 0 unspecified atom stereocenters. The number of carbonyl (C=O) groups excluding carboxylic acids is 1. The van der Waals surface area contributed by atoms with Crippen LogP contribution in [0, 0.1) is 0 Å². The first-order valence-corrected chi connectivity index (χ1v) is 6.57. The molecule has 1 aromatic carbocycles. The molecule has 2 rings (SSSR count). The lowest BCUT2D eigenvalue weighted by atomic mass is 10.1. The topological polar surface area (TPSA) is 62.2 Å². The summed E-state index contributed by atoms with van der Waals surface area (Å²) in [5, 5.41) is 13.8. The van der Waals surface area contributed by atoms with Crippen molar-refractivity contribution in [2.45, 2.75) is 12.5 Å². The maximum atomic E-state index is 11.8. The van der Waals surface area contributed by atoms with Gasteiger partial charge in [0.05, 0.1) is 18.2 Å². The number of aliphatic hydroxyl groups excluding tert-OH is 1. The van der Waals surface area contributed by atoms with Gasteiger partial charge < -0.3 is 10.4 Å². The average Bonchev–Trinajstić information content (AvgIpc) is 2.93. The molecule has 0 fully saturated rings. The standard InChI is InChI=1S/C13H14N2O2S/c16-7-11(6-10-4-2-1-3-5-10)15-13(17)12-8-18-9-14-12/h1-5,8-9,11,16H,6-7H2,(H,15,17)/t11-/m1/s1. The summed E-state index contributed by atoms with van der Waals surface area (Å²) < 4.78 is 0.